The lowest BCUT2D eigenvalue weighted by Crippen LogP contribution is -2.03. The third kappa shape index (κ3) is 9.06. The van der Waals surface area contributed by atoms with Gasteiger partial charge in [0.1, 0.15) is 11.6 Å². The third-order valence-electron chi connectivity index (χ3n) is 20.3. The minimum Gasteiger partial charge on any atom is -0.309 e. The van der Waals surface area contributed by atoms with E-state index in [0.29, 0.717) is 11.6 Å². The molecule has 10 heteroatoms. The minimum atomic E-state index is 0.698. The van der Waals surface area contributed by atoms with Crippen LogP contribution in [0, 0.1) is 0 Å². The summed E-state index contributed by atoms with van der Waals surface area (Å²) >= 11 is 3.64. The topological polar surface area (TPSA) is 71.3 Å². The van der Waals surface area contributed by atoms with Crippen molar-refractivity contribution in [3.8, 4) is 68.3 Å². The fraction of sp³-hybridized carbons (Fsp3) is 0. The highest BCUT2D eigenvalue weighted by Crippen LogP contribution is 2.47. The average molecular weight is 1340 g/mol. The summed E-state index contributed by atoms with van der Waals surface area (Å²) < 4.78 is 14.5. The fourth-order valence-electron chi connectivity index (χ4n) is 15.9. The molecule has 0 amide bonds. The minimum absolute atomic E-state index is 0.698. The molecule has 0 radical (unpaired) electrons. The second-order valence-electron chi connectivity index (χ2n) is 26.0. The Kier molecular flexibility index (Phi) is 13.2. The van der Waals surface area contributed by atoms with Gasteiger partial charge in [0.2, 0.25) is 0 Å². The average Bonchev–Trinajstić information content (AvgIpc) is 1.55. The number of hydrogen-bond donors (Lipinski definition) is 0. The van der Waals surface area contributed by atoms with E-state index in [1.807, 2.05) is 28.7 Å². The quantitative estimate of drug-likeness (QED) is 0.152. The van der Waals surface area contributed by atoms with Gasteiger partial charge in [0, 0.05) is 129 Å². The van der Waals surface area contributed by atoms with Crippen LogP contribution >= 0.6 is 22.7 Å². The van der Waals surface area contributed by atoms with Crippen molar-refractivity contribution in [2.45, 2.75) is 0 Å². The molecule has 8 aromatic heterocycles. The summed E-state index contributed by atoms with van der Waals surface area (Å²) in [7, 11) is 0. The van der Waals surface area contributed by atoms with Crippen molar-refractivity contribution in [1.82, 2.24) is 38.2 Å². The first kappa shape index (κ1) is 57.9. The number of fused-ring (bicyclic) bond motifs is 20. The molecule has 476 valence electrons. The molecule has 0 aliphatic carbocycles. The summed E-state index contributed by atoms with van der Waals surface area (Å²) in [6.45, 7) is 0. The normalized spacial score (nSPS) is 11.9. The monoisotopic (exact) mass is 1340 g/mol. The Bertz CT molecular complexity index is 7120. The van der Waals surface area contributed by atoms with E-state index >= 15 is 0 Å². The van der Waals surface area contributed by atoms with Crippen LogP contribution in [0.15, 0.2) is 340 Å². The maximum atomic E-state index is 5.50. The number of rotatable bonds is 8. The van der Waals surface area contributed by atoms with Gasteiger partial charge in [-0.25, -0.2) is 19.9 Å². The van der Waals surface area contributed by atoms with Crippen LogP contribution in [-0.2, 0) is 0 Å². The van der Waals surface area contributed by atoms with Crippen LogP contribution in [0.1, 0.15) is 0 Å². The number of hydrogen-bond acceptors (Lipinski definition) is 6. The van der Waals surface area contributed by atoms with Crippen molar-refractivity contribution in [2.24, 2.45) is 0 Å². The first-order valence-electron chi connectivity index (χ1n) is 34.4. The summed E-state index contributed by atoms with van der Waals surface area (Å²) in [5, 5.41) is 14.7. The Hall–Kier alpha value is -13.1. The van der Waals surface area contributed by atoms with Gasteiger partial charge >= 0.3 is 0 Å². The predicted molar refractivity (Wildman–Crippen MR) is 429 cm³/mol. The zero-order valence-electron chi connectivity index (χ0n) is 54.7. The maximum Gasteiger partial charge on any atom is 0.163 e. The predicted octanol–water partition coefficient (Wildman–Crippen LogP) is 24.7. The van der Waals surface area contributed by atoms with E-state index in [1.54, 1.807) is 0 Å². The van der Waals surface area contributed by atoms with E-state index in [4.69, 9.17) is 19.9 Å². The summed E-state index contributed by atoms with van der Waals surface area (Å²) in [5.74, 6) is 3.09. The van der Waals surface area contributed by atoms with Gasteiger partial charge < -0.3 is 9.13 Å². The standard InChI is InChI=1S/2C46H28N4S/c1-3-14-29(15-4-1)37-28-42(48-46(47-37)36-22-13-21-34-32-19-9-12-25-41(32)51-45(34)36)50-38-23-10-7-18-31(38)33-26-27-40-43(44(33)50)35-20-8-11-24-39(35)49(40)30-16-5-2-6-17-30;1-3-13-29(14-4-1)46-47-37(30-23-24-34-33-18-9-12-22-41(33)51-42(34)27-30)28-43(48-46)50-38-20-10-7-17-32(38)35-25-26-40-44(45(35)50)36-19-8-11-21-39(36)49(40)31-15-5-2-6-16-31/h2*1-28H. The van der Waals surface area contributed by atoms with E-state index in [1.165, 1.54) is 94.5 Å². The van der Waals surface area contributed by atoms with Crippen molar-refractivity contribution in [3.63, 3.8) is 0 Å². The lowest BCUT2D eigenvalue weighted by atomic mass is 10.1. The Morgan fingerprint density at radius 3 is 1.19 bits per heavy atom. The molecule has 22 rings (SSSR count). The van der Waals surface area contributed by atoms with Crippen molar-refractivity contribution in [1.29, 1.82) is 0 Å². The van der Waals surface area contributed by atoms with E-state index in [0.717, 1.165) is 89.8 Å². The molecule has 0 saturated carbocycles. The largest absolute Gasteiger partial charge is 0.309 e. The van der Waals surface area contributed by atoms with E-state index in [9.17, 15) is 0 Å². The molecule has 0 unspecified atom stereocenters. The highest BCUT2D eigenvalue weighted by Gasteiger charge is 2.26. The molecule has 22 aromatic rings. The third-order valence-corrected chi connectivity index (χ3v) is 22.6. The number of benzene rings is 14. The van der Waals surface area contributed by atoms with Crippen LogP contribution in [0.2, 0.25) is 0 Å². The highest BCUT2D eigenvalue weighted by atomic mass is 32.1. The number of para-hydroxylation sites is 6. The molecular formula is C92H56N8S2. The first-order valence-corrected chi connectivity index (χ1v) is 36.0. The summed E-state index contributed by atoms with van der Waals surface area (Å²) in [5.41, 5.74) is 17.4. The van der Waals surface area contributed by atoms with Crippen LogP contribution in [0.25, 0.3) is 196 Å². The van der Waals surface area contributed by atoms with E-state index in [-0.39, 0.29) is 0 Å². The molecular weight excluding hydrogens is 1280 g/mol. The van der Waals surface area contributed by atoms with Gasteiger partial charge in [-0.2, -0.15) is 0 Å². The molecule has 0 fully saturated rings. The Morgan fingerprint density at radius 1 is 0.225 bits per heavy atom. The molecule has 102 heavy (non-hydrogen) atoms. The smallest absolute Gasteiger partial charge is 0.163 e. The van der Waals surface area contributed by atoms with Gasteiger partial charge in [0.05, 0.1) is 55.5 Å². The summed E-state index contributed by atoms with van der Waals surface area (Å²) in [6.07, 6.45) is 0. The van der Waals surface area contributed by atoms with Crippen molar-refractivity contribution >= 4 is 150 Å². The molecule has 8 nitrogen and oxygen atoms in total. The van der Waals surface area contributed by atoms with Gasteiger partial charge in [-0.1, -0.05) is 243 Å². The summed E-state index contributed by atoms with van der Waals surface area (Å²) in [6, 6.07) is 121. The van der Waals surface area contributed by atoms with Gasteiger partial charge in [0.25, 0.3) is 0 Å². The molecule has 0 aliphatic rings. The molecule has 0 N–H and O–H groups in total. The Morgan fingerprint density at radius 2 is 0.627 bits per heavy atom. The van der Waals surface area contributed by atoms with Gasteiger partial charge in [0.15, 0.2) is 11.6 Å². The molecule has 0 bridgehead atoms. The maximum absolute atomic E-state index is 5.50. The first-order chi connectivity index (χ1) is 50.6. The molecule has 0 saturated heterocycles. The van der Waals surface area contributed by atoms with Gasteiger partial charge in [-0.05, 0) is 84.9 Å². The van der Waals surface area contributed by atoms with Crippen LogP contribution in [0.3, 0.4) is 0 Å². The fourth-order valence-corrected chi connectivity index (χ4v) is 18.2. The van der Waals surface area contributed by atoms with Gasteiger partial charge in [-0.3, -0.25) is 9.13 Å². The zero-order chi connectivity index (χ0) is 66.9. The number of aromatic nitrogens is 8. The van der Waals surface area contributed by atoms with E-state index < -0.39 is 0 Å². The number of thiophene rings is 2. The van der Waals surface area contributed by atoms with Crippen molar-refractivity contribution < 1.29 is 0 Å². The molecule has 8 heterocycles. The molecule has 0 atom stereocenters. The van der Waals surface area contributed by atoms with E-state index in [2.05, 4.69) is 352 Å². The van der Waals surface area contributed by atoms with Crippen LogP contribution in [0.5, 0.6) is 0 Å². The van der Waals surface area contributed by atoms with Crippen LogP contribution in [0.4, 0.5) is 0 Å². The molecule has 0 spiro atoms. The second-order valence-corrected chi connectivity index (χ2v) is 28.1. The van der Waals surface area contributed by atoms with Crippen LogP contribution in [-0.4, -0.2) is 38.2 Å². The zero-order valence-corrected chi connectivity index (χ0v) is 56.4. The Balaban J connectivity index is 0.000000133. The highest BCUT2D eigenvalue weighted by molar-refractivity contribution is 7.26. The van der Waals surface area contributed by atoms with Crippen molar-refractivity contribution in [3.05, 3.63) is 340 Å². The molecule has 0 aliphatic heterocycles. The number of nitrogens with zero attached hydrogens (tertiary/aromatic N) is 8. The second kappa shape index (κ2) is 23.3. The van der Waals surface area contributed by atoms with Crippen molar-refractivity contribution in [2.75, 3.05) is 0 Å². The lowest BCUT2D eigenvalue weighted by Gasteiger charge is -2.13. The SMILES string of the molecule is c1ccc(-c2cc(-n3c4ccccc4c4ccc5c(c6ccccc6n5-c5ccccc5)c43)nc(-c3cccc4c3sc3ccccc34)n2)cc1.c1ccc(-c2nc(-c3ccc4c(c3)sc3ccccc34)cc(-n3c4ccccc4c4ccc5c(c6ccccc6n5-c5ccccc5)c43)n2)cc1. The molecule has 14 aromatic carbocycles. The summed E-state index contributed by atoms with van der Waals surface area (Å²) in [4.78, 5) is 21.4. The Labute approximate surface area is 592 Å². The van der Waals surface area contributed by atoms with Crippen LogP contribution < -0.4 is 0 Å². The lowest BCUT2D eigenvalue weighted by molar-refractivity contribution is 1.05. The van der Waals surface area contributed by atoms with Gasteiger partial charge in [-0.15, -0.1) is 22.7 Å².